The Kier molecular flexibility index (Phi) is 3.27. The standard InChI is InChI=1S/C11H12BrNO3S/c1-11(10(15)16)3-4-13(6-11)9(14)8-7(12)2-5-17-8/h2,5H,3-4,6H2,1H3,(H,15,16)/t11-/m1/s1. The Labute approximate surface area is 111 Å². The molecule has 1 aliphatic rings. The zero-order valence-electron chi connectivity index (χ0n) is 9.27. The summed E-state index contributed by atoms with van der Waals surface area (Å²) in [6.45, 7) is 2.48. The number of rotatable bonds is 2. The number of amides is 1. The van der Waals surface area contributed by atoms with Crippen LogP contribution in [0.25, 0.3) is 0 Å². The summed E-state index contributed by atoms with van der Waals surface area (Å²) >= 11 is 4.69. The Morgan fingerprint density at radius 3 is 2.76 bits per heavy atom. The fourth-order valence-corrected chi connectivity index (χ4v) is 3.41. The number of carboxylic acid groups (broad SMARTS) is 1. The number of likely N-dealkylation sites (tertiary alicyclic amines) is 1. The lowest BCUT2D eigenvalue weighted by atomic mass is 9.90. The molecule has 0 radical (unpaired) electrons. The second-order valence-corrected chi connectivity index (χ2v) is 6.21. The van der Waals surface area contributed by atoms with Crippen LogP contribution >= 0.6 is 27.3 Å². The number of thiophene rings is 1. The van der Waals surface area contributed by atoms with E-state index in [0.29, 0.717) is 17.8 Å². The summed E-state index contributed by atoms with van der Waals surface area (Å²) in [6.07, 6.45) is 0.511. The summed E-state index contributed by atoms with van der Waals surface area (Å²) < 4.78 is 0.774. The average molecular weight is 318 g/mol. The van der Waals surface area contributed by atoms with Crippen LogP contribution in [0.1, 0.15) is 23.0 Å². The monoisotopic (exact) mass is 317 g/mol. The van der Waals surface area contributed by atoms with Gasteiger partial charge >= 0.3 is 5.97 Å². The molecular formula is C11H12BrNO3S. The quantitative estimate of drug-likeness (QED) is 0.911. The van der Waals surface area contributed by atoms with Gasteiger partial charge in [-0.25, -0.2) is 0 Å². The lowest BCUT2D eigenvalue weighted by Crippen LogP contribution is -2.34. The predicted molar refractivity (Wildman–Crippen MR) is 68.3 cm³/mol. The van der Waals surface area contributed by atoms with E-state index < -0.39 is 11.4 Å². The summed E-state index contributed by atoms with van der Waals surface area (Å²) in [4.78, 5) is 25.5. The first-order valence-corrected chi connectivity index (χ1v) is 6.87. The van der Waals surface area contributed by atoms with Crippen molar-refractivity contribution in [2.45, 2.75) is 13.3 Å². The summed E-state index contributed by atoms with van der Waals surface area (Å²) in [5.74, 6) is -0.921. The van der Waals surface area contributed by atoms with Crippen LogP contribution in [0.4, 0.5) is 0 Å². The maximum Gasteiger partial charge on any atom is 0.311 e. The Morgan fingerprint density at radius 2 is 2.29 bits per heavy atom. The topological polar surface area (TPSA) is 57.6 Å². The minimum Gasteiger partial charge on any atom is -0.481 e. The second kappa shape index (κ2) is 4.42. The number of hydrogen-bond acceptors (Lipinski definition) is 3. The molecule has 1 atom stereocenters. The summed E-state index contributed by atoms with van der Waals surface area (Å²) in [7, 11) is 0. The third kappa shape index (κ3) is 2.24. The largest absolute Gasteiger partial charge is 0.481 e. The Morgan fingerprint density at radius 1 is 1.59 bits per heavy atom. The van der Waals surface area contributed by atoms with Crippen molar-refractivity contribution in [2.24, 2.45) is 5.41 Å². The van der Waals surface area contributed by atoms with Gasteiger partial charge in [0.25, 0.3) is 5.91 Å². The SMILES string of the molecule is C[C@@]1(C(=O)O)CCN(C(=O)c2sccc2Br)C1. The highest BCUT2D eigenvalue weighted by molar-refractivity contribution is 9.10. The zero-order chi connectivity index (χ0) is 12.6. The molecule has 2 rings (SSSR count). The first-order chi connectivity index (χ1) is 7.94. The van der Waals surface area contributed by atoms with Crippen molar-refractivity contribution in [1.82, 2.24) is 4.90 Å². The third-order valence-corrected chi connectivity index (χ3v) is 4.91. The maximum atomic E-state index is 12.2. The average Bonchev–Trinajstić information content (AvgIpc) is 2.85. The summed E-state index contributed by atoms with van der Waals surface area (Å²) in [6, 6.07) is 1.82. The van der Waals surface area contributed by atoms with E-state index in [1.807, 2.05) is 11.4 Å². The lowest BCUT2D eigenvalue weighted by molar-refractivity contribution is -0.147. The van der Waals surface area contributed by atoms with Crippen molar-refractivity contribution in [3.8, 4) is 0 Å². The molecule has 4 nitrogen and oxygen atoms in total. The molecule has 6 heteroatoms. The molecule has 0 saturated carbocycles. The molecular weight excluding hydrogens is 306 g/mol. The first-order valence-electron chi connectivity index (χ1n) is 5.20. The van der Waals surface area contributed by atoms with Gasteiger partial charge in [-0.3, -0.25) is 9.59 Å². The molecule has 1 saturated heterocycles. The number of carbonyl (C=O) groups is 2. The molecule has 0 aliphatic carbocycles. The van der Waals surface area contributed by atoms with Crippen molar-refractivity contribution in [3.63, 3.8) is 0 Å². The molecule has 1 amide bonds. The molecule has 17 heavy (non-hydrogen) atoms. The molecule has 1 aromatic rings. The summed E-state index contributed by atoms with van der Waals surface area (Å²) in [5.41, 5.74) is -0.806. The smallest absolute Gasteiger partial charge is 0.311 e. The minimum absolute atomic E-state index is 0.0862. The van der Waals surface area contributed by atoms with Crippen LogP contribution < -0.4 is 0 Å². The van der Waals surface area contributed by atoms with Gasteiger partial charge in [-0.15, -0.1) is 11.3 Å². The second-order valence-electron chi connectivity index (χ2n) is 4.44. The number of hydrogen-bond donors (Lipinski definition) is 1. The highest BCUT2D eigenvalue weighted by Gasteiger charge is 2.42. The van der Waals surface area contributed by atoms with Crippen molar-refractivity contribution in [1.29, 1.82) is 0 Å². The molecule has 1 aliphatic heterocycles. The molecule has 92 valence electrons. The van der Waals surface area contributed by atoms with E-state index in [1.165, 1.54) is 11.3 Å². The number of carboxylic acids is 1. The van der Waals surface area contributed by atoms with Crippen LogP contribution in [-0.4, -0.2) is 35.0 Å². The van der Waals surface area contributed by atoms with Gasteiger partial charge < -0.3 is 10.0 Å². The Bertz CT molecular complexity index is 473. The molecule has 2 heterocycles. The van der Waals surface area contributed by atoms with E-state index in [2.05, 4.69) is 15.9 Å². The molecule has 0 spiro atoms. The van der Waals surface area contributed by atoms with E-state index >= 15 is 0 Å². The van der Waals surface area contributed by atoms with E-state index in [1.54, 1.807) is 11.8 Å². The molecule has 0 unspecified atom stereocenters. The molecule has 1 aromatic heterocycles. The van der Waals surface area contributed by atoms with E-state index in [-0.39, 0.29) is 12.5 Å². The van der Waals surface area contributed by atoms with Crippen molar-refractivity contribution in [2.75, 3.05) is 13.1 Å². The molecule has 1 N–H and O–H groups in total. The van der Waals surface area contributed by atoms with E-state index in [0.717, 1.165) is 4.47 Å². The number of nitrogens with zero attached hydrogens (tertiary/aromatic N) is 1. The Balaban J connectivity index is 2.15. The maximum absolute atomic E-state index is 12.2. The van der Waals surface area contributed by atoms with Gasteiger partial charge in [0.1, 0.15) is 4.88 Å². The number of carbonyl (C=O) groups excluding carboxylic acids is 1. The van der Waals surface area contributed by atoms with Gasteiger partial charge in [0.15, 0.2) is 0 Å². The van der Waals surface area contributed by atoms with Crippen LogP contribution in [0.2, 0.25) is 0 Å². The van der Waals surface area contributed by atoms with Gasteiger partial charge in [-0.05, 0) is 40.7 Å². The van der Waals surface area contributed by atoms with Crippen molar-refractivity contribution in [3.05, 3.63) is 20.8 Å². The van der Waals surface area contributed by atoms with E-state index in [9.17, 15) is 9.59 Å². The van der Waals surface area contributed by atoms with Gasteiger partial charge in [-0.2, -0.15) is 0 Å². The van der Waals surface area contributed by atoms with Crippen molar-refractivity contribution >= 4 is 39.1 Å². The van der Waals surface area contributed by atoms with Crippen LogP contribution in [0.15, 0.2) is 15.9 Å². The van der Waals surface area contributed by atoms with Crippen LogP contribution in [-0.2, 0) is 4.79 Å². The Hall–Kier alpha value is -0.880. The molecule has 1 fully saturated rings. The first kappa shape index (κ1) is 12.6. The van der Waals surface area contributed by atoms with Gasteiger partial charge in [-0.1, -0.05) is 0 Å². The third-order valence-electron chi connectivity index (χ3n) is 3.09. The number of halogens is 1. The van der Waals surface area contributed by atoms with Crippen LogP contribution in [0, 0.1) is 5.41 Å². The number of aliphatic carboxylic acids is 1. The zero-order valence-corrected chi connectivity index (χ0v) is 11.7. The normalized spacial score (nSPS) is 24.0. The summed E-state index contributed by atoms with van der Waals surface area (Å²) in [5, 5.41) is 10.9. The van der Waals surface area contributed by atoms with E-state index in [4.69, 9.17) is 5.11 Å². The minimum atomic E-state index is -0.835. The highest BCUT2D eigenvalue weighted by Crippen LogP contribution is 2.33. The van der Waals surface area contributed by atoms with Crippen LogP contribution in [0.3, 0.4) is 0 Å². The molecule has 0 bridgehead atoms. The van der Waals surface area contributed by atoms with Gasteiger partial charge in [0.2, 0.25) is 0 Å². The van der Waals surface area contributed by atoms with Gasteiger partial charge in [0, 0.05) is 17.6 Å². The van der Waals surface area contributed by atoms with Crippen LogP contribution in [0.5, 0.6) is 0 Å². The van der Waals surface area contributed by atoms with Gasteiger partial charge in [0.05, 0.1) is 5.41 Å². The fourth-order valence-electron chi connectivity index (χ4n) is 1.90. The lowest BCUT2D eigenvalue weighted by Gasteiger charge is -2.19. The fraction of sp³-hybridized carbons (Fsp3) is 0.455. The predicted octanol–water partition coefficient (Wildman–Crippen LogP) is 2.45. The molecule has 0 aromatic carbocycles. The van der Waals surface area contributed by atoms with Crippen molar-refractivity contribution < 1.29 is 14.7 Å². The highest BCUT2D eigenvalue weighted by atomic mass is 79.9.